The second-order valence-electron chi connectivity index (χ2n) is 3.65. The molecule has 0 spiro atoms. The molecule has 0 aliphatic carbocycles. The molecule has 1 atom stereocenters. The predicted octanol–water partition coefficient (Wildman–Crippen LogP) is 2.50. The fraction of sp³-hybridized carbons (Fsp3) is 0.417. The molecule has 1 unspecified atom stereocenters. The average Bonchev–Trinajstić information content (AvgIpc) is 2.30. The Bertz CT molecular complexity index is 393. The summed E-state index contributed by atoms with van der Waals surface area (Å²) in [6, 6.07) is 4.17. The van der Waals surface area contributed by atoms with Gasteiger partial charge in [-0.1, -0.05) is 12.1 Å². The van der Waals surface area contributed by atoms with Gasteiger partial charge in [0.15, 0.2) is 0 Å². The van der Waals surface area contributed by atoms with Crippen molar-refractivity contribution in [2.24, 2.45) is 0 Å². The van der Waals surface area contributed by atoms with Crippen molar-refractivity contribution in [3.05, 3.63) is 35.1 Å². The molecule has 0 fully saturated rings. The van der Waals surface area contributed by atoms with Crippen molar-refractivity contribution in [3.63, 3.8) is 0 Å². The van der Waals surface area contributed by atoms with Crippen molar-refractivity contribution >= 4 is 5.97 Å². The highest BCUT2D eigenvalue weighted by Crippen LogP contribution is 2.19. The van der Waals surface area contributed by atoms with Crippen LogP contribution < -0.4 is 0 Å². The Morgan fingerprint density at radius 2 is 2.24 bits per heavy atom. The highest BCUT2D eigenvalue weighted by Gasteiger charge is 2.15. The van der Waals surface area contributed by atoms with E-state index in [1.165, 1.54) is 25.1 Å². The Morgan fingerprint density at radius 3 is 2.76 bits per heavy atom. The zero-order valence-corrected chi connectivity index (χ0v) is 9.45. The fourth-order valence-electron chi connectivity index (χ4n) is 1.33. The standard InChI is InChI=1S/C12H14F2O3/c1-8(12(15)16)9-2-3-10(11(14)6-9)7-17-5-4-13/h2-3,6,8H,4-5,7H2,1H3,(H,15,16). The molecule has 17 heavy (non-hydrogen) atoms. The number of carbonyl (C=O) groups is 1. The lowest BCUT2D eigenvalue weighted by Crippen LogP contribution is -2.08. The minimum Gasteiger partial charge on any atom is -0.481 e. The minimum atomic E-state index is -1.01. The van der Waals surface area contributed by atoms with E-state index in [-0.39, 0.29) is 13.2 Å². The van der Waals surface area contributed by atoms with Crippen LogP contribution in [0, 0.1) is 5.82 Å². The molecule has 0 radical (unpaired) electrons. The molecule has 0 saturated heterocycles. The number of halogens is 2. The van der Waals surface area contributed by atoms with Crippen LogP contribution in [-0.4, -0.2) is 24.4 Å². The number of benzene rings is 1. The van der Waals surface area contributed by atoms with Gasteiger partial charge in [0.1, 0.15) is 12.5 Å². The predicted molar refractivity (Wildman–Crippen MR) is 58.1 cm³/mol. The van der Waals surface area contributed by atoms with Crippen molar-refractivity contribution in [1.82, 2.24) is 0 Å². The number of aliphatic carboxylic acids is 1. The lowest BCUT2D eigenvalue weighted by atomic mass is 10.00. The normalized spacial score (nSPS) is 12.4. The highest BCUT2D eigenvalue weighted by atomic mass is 19.1. The molecule has 94 valence electrons. The summed E-state index contributed by atoms with van der Waals surface area (Å²) in [7, 11) is 0. The molecular formula is C12H14F2O3. The van der Waals surface area contributed by atoms with E-state index >= 15 is 0 Å². The summed E-state index contributed by atoms with van der Waals surface area (Å²) >= 11 is 0. The lowest BCUT2D eigenvalue weighted by molar-refractivity contribution is -0.138. The topological polar surface area (TPSA) is 46.5 Å². The summed E-state index contributed by atoms with van der Waals surface area (Å²) in [6.45, 7) is 0.774. The second kappa shape index (κ2) is 6.30. The van der Waals surface area contributed by atoms with Crippen LogP contribution in [0.5, 0.6) is 0 Å². The van der Waals surface area contributed by atoms with Crippen molar-refractivity contribution in [3.8, 4) is 0 Å². The number of hydrogen-bond acceptors (Lipinski definition) is 2. The van der Waals surface area contributed by atoms with Gasteiger partial charge in [0.05, 0.1) is 19.1 Å². The zero-order valence-electron chi connectivity index (χ0n) is 9.45. The minimum absolute atomic E-state index is 0.0164. The Kier molecular flexibility index (Phi) is 5.03. The van der Waals surface area contributed by atoms with Gasteiger partial charge in [0.2, 0.25) is 0 Å². The van der Waals surface area contributed by atoms with Crippen LogP contribution in [0.2, 0.25) is 0 Å². The molecule has 0 bridgehead atoms. The van der Waals surface area contributed by atoms with Gasteiger partial charge in [-0.2, -0.15) is 0 Å². The molecule has 0 heterocycles. The number of rotatable bonds is 6. The van der Waals surface area contributed by atoms with Crippen molar-refractivity contribution in [1.29, 1.82) is 0 Å². The maximum atomic E-state index is 13.5. The van der Waals surface area contributed by atoms with Crippen LogP contribution in [0.25, 0.3) is 0 Å². The lowest BCUT2D eigenvalue weighted by Gasteiger charge is -2.09. The van der Waals surface area contributed by atoms with Crippen LogP contribution in [0.4, 0.5) is 8.78 Å². The van der Waals surface area contributed by atoms with E-state index in [0.29, 0.717) is 11.1 Å². The van der Waals surface area contributed by atoms with E-state index in [9.17, 15) is 13.6 Å². The highest BCUT2D eigenvalue weighted by molar-refractivity contribution is 5.75. The van der Waals surface area contributed by atoms with Crippen LogP contribution in [0.3, 0.4) is 0 Å². The summed E-state index contributed by atoms with van der Waals surface area (Å²) in [5.74, 6) is -2.30. The van der Waals surface area contributed by atoms with E-state index in [4.69, 9.17) is 9.84 Å². The quantitative estimate of drug-likeness (QED) is 0.782. The van der Waals surface area contributed by atoms with Gasteiger partial charge in [-0.25, -0.2) is 8.78 Å². The van der Waals surface area contributed by atoms with Crippen LogP contribution in [-0.2, 0) is 16.1 Å². The van der Waals surface area contributed by atoms with Gasteiger partial charge in [-0.3, -0.25) is 4.79 Å². The molecule has 0 aliphatic heterocycles. The summed E-state index contributed by atoms with van der Waals surface area (Å²) in [5, 5.41) is 8.78. The molecule has 1 aromatic carbocycles. The van der Waals surface area contributed by atoms with E-state index in [2.05, 4.69) is 0 Å². The largest absolute Gasteiger partial charge is 0.481 e. The molecule has 1 rings (SSSR count). The first-order valence-electron chi connectivity index (χ1n) is 5.21. The number of ether oxygens (including phenoxy) is 1. The summed E-state index contributed by atoms with van der Waals surface area (Å²) in [5.41, 5.74) is 0.684. The van der Waals surface area contributed by atoms with E-state index in [1.807, 2.05) is 0 Å². The smallest absolute Gasteiger partial charge is 0.310 e. The SMILES string of the molecule is CC(C(=O)O)c1ccc(COCCF)c(F)c1. The fourth-order valence-corrected chi connectivity index (χ4v) is 1.33. The molecule has 0 amide bonds. The first kappa shape index (κ1) is 13.6. The summed E-state index contributed by atoms with van der Waals surface area (Å²) in [4.78, 5) is 10.7. The van der Waals surface area contributed by atoms with Gasteiger partial charge < -0.3 is 9.84 Å². The van der Waals surface area contributed by atoms with Crippen LogP contribution in [0.15, 0.2) is 18.2 Å². The molecule has 5 heteroatoms. The second-order valence-corrected chi connectivity index (χ2v) is 3.65. The Hall–Kier alpha value is -1.49. The molecule has 1 aromatic rings. The summed E-state index contributed by atoms with van der Waals surface area (Å²) in [6.07, 6.45) is 0. The first-order valence-corrected chi connectivity index (χ1v) is 5.21. The van der Waals surface area contributed by atoms with Crippen LogP contribution in [0.1, 0.15) is 24.0 Å². The van der Waals surface area contributed by atoms with Crippen molar-refractivity contribution in [2.45, 2.75) is 19.4 Å². The number of carboxylic acids is 1. The molecule has 0 aromatic heterocycles. The maximum Gasteiger partial charge on any atom is 0.310 e. The van der Waals surface area contributed by atoms with Gasteiger partial charge in [0.25, 0.3) is 0 Å². The van der Waals surface area contributed by atoms with Gasteiger partial charge in [-0.15, -0.1) is 0 Å². The third kappa shape index (κ3) is 3.78. The number of carboxylic acid groups (broad SMARTS) is 1. The third-order valence-electron chi connectivity index (χ3n) is 2.43. The molecular weight excluding hydrogens is 230 g/mol. The summed E-state index contributed by atoms with van der Waals surface area (Å²) < 4.78 is 30.2. The van der Waals surface area contributed by atoms with E-state index in [1.54, 1.807) is 0 Å². The third-order valence-corrected chi connectivity index (χ3v) is 2.43. The zero-order chi connectivity index (χ0) is 12.8. The average molecular weight is 244 g/mol. The molecule has 0 saturated carbocycles. The molecule has 3 nitrogen and oxygen atoms in total. The van der Waals surface area contributed by atoms with Gasteiger partial charge >= 0.3 is 5.97 Å². The Balaban J connectivity index is 2.75. The number of alkyl halides is 1. The monoisotopic (exact) mass is 244 g/mol. The Labute approximate surface area is 98.0 Å². The molecule has 0 aliphatic rings. The van der Waals surface area contributed by atoms with E-state index in [0.717, 1.165) is 0 Å². The first-order chi connectivity index (χ1) is 8.06. The van der Waals surface area contributed by atoms with Crippen molar-refractivity contribution in [2.75, 3.05) is 13.3 Å². The van der Waals surface area contributed by atoms with Crippen molar-refractivity contribution < 1.29 is 23.4 Å². The number of hydrogen-bond donors (Lipinski definition) is 1. The Morgan fingerprint density at radius 1 is 1.53 bits per heavy atom. The van der Waals surface area contributed by atoms with E-state index < -0.39 is 24.4 Å². The van der Waals surface area contributed by atoms with Crippen LogP contribution >= 0.6 is 0 Å². The van der Waals surface area contributed by atoms with Gasteiger partial charge in [0, 0.05) is 5.56 Å². The maximum absolute atomic E-state index is 13.5. The van der Waals surface area contributed by atoms with Gasteiger partial charge in [-0.05, 0) is 18.6 Å². The molecule has 1 N–H and O–H groups in total.